The van der Waals surface area contributed by atoms with Gasteiger partial charge in [0.05, 0.1) is 6.61 Å². The maximum Gasteiger partial charge on any atom is 0.327 e. The fourth-order valence-electron chi connectivity index (χ4n) is 2.59. The number of carbonyl (C=O) groups is 1. The van der Waals surface area contributed by atoms with E-state index >= 15 is 0 Å². The van der Waals surface area contributed by atoms with Crippen molar-refractivity contribution in [1.29, 1.82) is 0 Å². The molecule has 17 heavy (non-hydrogen) atoms. The molecule has 0 amide bonds. The van der Waals surface area contributed by atoms with E-state index in [9.17, 15) is 4.79 Å². The third-order valence-electron chi connectivity index (χ3n) is 3.35. The molecule has 1 aliphatic heterocycles. The van der Waals surface area contributed by atoms with Crippen LogP contribution in [0.2, 0.25) is 0 Å². The quantitative estimate of drug-likeness (QED) is 0.784. The Balaban J connectivity index is 2.12. The van der Waals surface area contributed by atoms with Gasteiger partial charge in [-0.05, 0) is 37.4 Å². The van der Waals surface area contributed by atoms with Gasteiger partial charge in [-0.25, -0.2) is 0 Å². The zero-order chi connectivity index (χ0) is 12.5. The van der Waals surface area contributed by atoms with Crippen LogP contribution < -0.4 is 5.32 Å². The molecule has 2 aliphatic rings. The summed E-state index contributed by atoms with van der Waals surface area (Å²) in [7, 11) is 0. The number of rotatable bonds is 4. The molecule has 1 saturated heterocycles. The molecule has 0 spiro atoms. The van der Waals surface area contributed by atoms with E-state index in [-0.39, 0.29) is 11.4 Å². The first-order chi connectivity index (χ1) is 7.97. The second-order valence-electron chi connectivity index (χ2n) is 6.05. The van der Waals surface area contributed by atoms with Crippen LogP contribution in [0.15, 0.2) is 0 Å². The van der Waals surface area contributed by atoms with E-state index in [0.29, 0.717) is 12.6 Å². The molecule has 2 fully saturated rings. The number of hydrogen-bond acceptors (Lipinski definition) is 4. The second-order valence-corrected chi connectivity index (χ2v) is 7.04. The SMILES string of the molecule is CCOC(=O)C1(NC2CC2)CSCC(C)(C)C1. The average Bonchev–Trinajstić information content (AvgIpc) is 3.00. The minimum Gasteiger partial charge on any atom is -0.465 e. The van der Waals surface area contributed by atoms with Gasteiger partial charge in [-0.15, -0.1) is 0 Å². The minimum atomic E-state index is -0.441. The molecular formula is C13H23NO2S. The van der Waals surface area contributed by atoms with Gasteiger partial charge >= 0.3 is 5.97 Å². The van der Waals surface area contributed by atoms with Crippen LogP contribution in [0.4, 0.5) is 0 Å². The smallest absolute Gasteiger partial charge is 0.327 e. The number of carbonyl (C=O) groups excluding carboxylic acids is 1. The lowest BCUT2D eigenvalue weighted by Crippen LogP contribution is -2.60. The van der Waals surface area contributed by atoms with Crippen molar-refractivity contribution in [2.24, 2.45) is 5.41 Å². The van der Waals surface area contributed by atoms with Crippen LogP contribution >= 0.6 is 11.8 Å². The summed E-state index contributed by atoms with van der Waals surface area (Å²) in [6, 6.07) is 0.536. The van der Waals surface area contributed by atoms with Crippen molar-refractivity contribution in [3.8, 4) is 0 Å². The van der Waals surface area contributed by atoms with E-state index in [1.54, 1.807) is 0 Å². The Morgan fingerprint density at radius 3 is 2.65 bits per heavy atom. The first kappa shape index (κ1) is 13.2. The summed E-state index contributed by atoms with van der Waals surface area (Å²) in [5.74, 6) is 1.93. The normalized spacial score (nSPS) is 32.2. The number of thioether (sulfide) groups is 1. The fourth-order valence-corrected chi connectivity index (χ4v) is 4.00. The highest BCUT2D eigenvalue weighted by atomic mass is 32.2. The van der Waals surface area contributed by atoms with Crippen molar-refractivity contribution >= 4 is 17.7 Å². The molecule has 2 rings (SSSR count). The molecule has 0 aromatic carbocycles. The van der Waals surface area contributed by atoms with Crippen LogP contribution in [-0.4, -0.2) is 35.7 Å². The van der Waals surface area contributed by atoms with Crippen molar-refractivity contribution < 1.29 is 9.53 Å². The molecule has 0 radical (unpaired) electrons. The lowest BCUT2D eigenvalue weighted by atomic mass is 9.79. The number of ether oxygens (including phenoxy) is 1. The van der Waals surface area contributed by atoms with Gasteiger partial charge in [-0.2, -0.15) is 11.8 Å². The Labute approximate surface area is 108 Å². The third-order valence-corrected chi connectivity index (χ3v) is 5.03. The highest BCUT2D eigenvalue weighted by Crippen LogP contribution is 2.41. The van der Waals surface area contributed by atoms with Gasteiger partial charge in [-0.1, -0.05) is 13.8 Å². The molecule has 1 aliphatic carbocycles. The zero-order valence-electron chi connectivity index (χ0n) is 11.0. The topological polar surface area (TPSA) is 38.3 Å². The summed E-state index contributed by atoms with van der Waals surface area (Å²) in [5.41, 5.74) is -0.235. The predicted molar refractivity (Wildman–Crippen MR) is 71.2 cm³/mol. The van der Waals surface area contributed by atoms with Crippen LogP contribution in [-0.2, 0) is 9.53 Å². The molecule has 1 unspecified atom stereocenters. The highest BCUT2D eigenvalue weighted by molar-refractivity contribution is 7.99. The van der Waals surface area contributed by atoms with Gasteiger partial charge in [0.25, 0.3) is 0 Å². The number of esters is 1. The van der Waals surface area contributed by atoms with Gasteiger partial charge < -0.3 is 4.74 Å². The maximum absolute atomic E-state index is 12.3. The van der Waals surface area contributed by atoms with E-state index in [2.05, 4.69) is 19.2 Å². The standard InChI is InChI=1S/C13H23NO2S/c1-4-16-11(15)13(14-10-5-6-10)7-12(2,3)8-17-9-13/h10,14H,4-9H2,1-3H3. The molecule has 0 aromatic rings. The Morgan fingerprint density at radius 2 is 2.12 bits per heavy atom. The van der Waals surface area contributed by atoms with E-state index in [1.807, 2.05) is 18.7 Å². The van der Waals surface area contributed by atoms with E-state index in [0.717, 1.165) is 17.9 Å². The number of nitrogens with one attached hydrogen (secondary N) is 1. The molecule has 98 valence electrons. The second kappa shape index (κ2) is 4.81. The summed E-state index contributed by atoms with van der Waals surface area (Å²) >= 11 is 1.87. The molecule has 0 bridgehead atoms. The molecule has 3 nitrogen and oxygen atoms in total. The summed E-state index contributed by atoms with van der Waals surface area (Å²) in [4.78, 5) is 12.3. The molecule has 1 heterocycles. The predicted octanol–water partition coefficient (Wildman–Crippen LogP) is 2.20. The van der Waals surface area contributed by atoms with E-state index in [1.165, 1.54) is 12.8 Å². The summed E-state index contributed by atoms with van der Waals surface area (Å²) < 4.78 is 5.29. The van der Waals surface area contributed by atoms with Crippen LogP contribution in [0.3, 0.4) is 0 Å². The van der Waals surface area contributed by atoms with Crippen molar-refractivity contribution in [3.05, 3.63) is 0 Å². The van der Waals surface area contributed by atoms with Crippen molar-refractivity contribution in [1.82, 2.24) is 5.32 Å². The monoisotopic (exact) mass is 257 g/mol. The van der Waals surface area contributed by atoms with Crippen LogP contribution in [0.1, 0.15) is 40.0 Å². The molecule has 4 heteroatoms. The van der Waals surface area contributed by atoms with Crippen molar-refractivity contribution in [2.75, 3.05) is 18.1 Å². The lowest BCUT2D eigenvalue weighted by Gasteiger charge is -2.43. The van der Waals surface area contributed by atoms with Gasteiger partial charge in [0, 0.05) is 11.8 Å². The third kappa shape index (κ3) is 3.16. The summed E-state index contributed by atoms with van der Waals surface area (Å²) in [6.45, 7) is 6.82. The van der Waals surface area contributed by atoms with Crippen LogP contribution in [0, 0.1) is 5.41 Å². The van der Waals surface area contributed by atoms with Crippen molar-refractivity contribution in [2.45, 2.75) is 51.6 Å². The van der Waals surface area contributed by atoms with Crippen LogP contribution in [0.5, 0.6) is 0 Å². The van der Waals surface area contributed by atoms with Gasteiger partial charge in [0.2, 0.25) is 0 Å². The lowest BCUT2D eigenvalue weighted by molar-refractivity contribution is -0.151. The average molecular weight is 257 g/mol. The first-order valence-electron chi connectivity index (χ1n) is 6.50. The van der Waals surface area contributed by atoms with Gasteiger partial charge in [-0.3, -0.25) is 10.1 Å². The highest BCUT2D eigenvalue weighted by Gasteiger charge is 2.49. The largest absolute Gasteiger partial charge is 0.465 e. The van der Waals surface area contributed by atoms with Crippen molar-refractivity contribution in [3.63, 3.8) is 0 Å². The number of hydrogen-bond donors (Lipinski definition) is 1. The molecule has 1 saturated carbocycles. The Bertz CT molecular complexity index is 302. The van der Waals surface area contributed by atoms with Gasteiger partial charge in [0.1, 0.15) is 5.54 Å². The van der Waals surface area contributed by atoms with E-state index in [4.69, 9.17) is 4.74 Å². The Morgan fingerprint density at radius 1 is 1.41 bits per heavy atom. The Kier molecular flexibility index (Phi) is 3.74. The molecule has 1 N–H and O–H groups in total. The molecule has 0 aromatic heterocycles. The maximum atomic E-state index is 12.3. The van der Waals surface area contributed by atoms with Gasteiger partial charge in [0.15, 0.2) is 0 Å². The summed E-state index contributed by atoms with van der Waals surface area (Å²) in [5, 5.41) is 3.55. The van der Waals surface area contributed by atoms with Crippen LogP contribution in [0.25, 0.3) is 0 Å². The fraction of sp³-hybridized carbons (Fsp3) is 0.923. The molecular weight excluding hydrogens is 234 g/mol. The minimum absolute atomic E-state index is 0.0489. The first-order valence-corrected chi connectivity index (χ1v) is 7.66. The summed E-state index contributed by atoms with van der Waals surface area (Å²) in [6.07, 6.45) is 3.29. The zero-order valence-corrected chi connectivity index (χ0v) is 11.9. The Hall–Kier alpha value is -0.220. The molecule has 1 atom stereocenters. The van der Waals surface area contributed by atoms with E-state index < -0.39 is 5.54 Å².